The molecule has 2 aromatic carbocycles. The quantitative estimate of drug-likeness (QED) is 0.648. The lowest BCUT2D eigenvalue weighted by atomic mass is 9.98. The molecule has 0 spiro atoms. The summed E-state index contributed by atoms with van der Waals surface area (Å²) >= 11 is 0. The molecule has 2 rings (SSSR count). The van der Waals surface area contributed by atoms with Crippen LogP contribution in [-0.2, 0) is 35.2 Å². The first-order valence-electron chi connectivity index (χ1n) is 8.65. The van der Waals surface area contributed by atoms with Crippen LogP contribution in [0.15, 0.2) is 30.3 Å². The van der Waals surface area contributed by atoms with Crippen molar-refractivity contribution >= 4 is 5.97 Å². The van der Waals surface area contributed by atoms with Gasteiger partial charge in [-0.05, 0) is 54.7 Å². The number of hydrogen-bond donors (Lipinski definition) is 0. The molecular formula is C21H23F3O3. The van der Waals surface area contributed by atoms with E-state index >= 15 is 0 Å². The van der Waals surface area contributed by atoms with E-state index in [1.807, 2.05) is 32.9 Å². The molecule has 146 valence electrons. The number of esters is 1. The van der Waals surface area contributed by atoms with Crippen LogP contribution in [0.1, 0.15) is 40.3 Å². The van der Waals surface area contributed by atoms with Crippen molar-refractivity contribution in [3.63, 3.8) is 0 Å². The number of benzene rings is 2. The molecule has 0 atom stereocenters. The van der Waals surface area contributed by atoms with Crippen LogP contribution in [0, 0.1) is 13.8 Å². The van der Waals surface area contributed by atoms with Gasteiger partial charge in [0.25, 0.3) is 0 Å². The van der Waals surface area contributed by atoms with Crippen LogP contribution in [0.25, 0.3) is 0 Å². The van der Waals surface area contributed by atoms with Crippen molar-refractivity contribution in [2.45, 2.75) is 46.4 Å². The Labute approximate surface area is 157 Å². The zero-order valence-corrected chi connectivity index (χ0v) is 15.9. The molecule has 0 radical (unpaired) electrons. The van der Waals surface area contributed by atoms with Gasteiger partial charge in [-0.1, -0.05) is 25.1 Å². The molecule has 6 heteroatoms. The fourth-order valence-electron chi connectivity index (χ4n) is 3.00. The highest BCUT2D eigenvalue weighted by molar-refractivity contribution is 5.73. The molecular weight excluding hydrogens is 357 g/mol. The molecule has 0 aliphatic heterocycles. The maximum Gasteiger partial charge on any atom is 0.416 e. The molecule has 0 bridgehead atoms. The minimum Gasteiger partial charge on any atom is -0.489 e. The fraction of sp³-hybridized carbons (Fsp3) is 0.381. The number of carbonyl (C=O) groups is 1. The third-order valence-electron chi connectivity index (χ3n) is 4.53. The molecule has 0 aliphatic rings. The van der Waals surface area contributed by atoms with Crippen molar-refractivity contribution in [3.05, 3.63) is 63.7 Å². The molecule has 0 fully saturated rings. The maximum absolute atomic E-state index is 13.4. The van der Waals surface area contributed by atoms with Crippen LogP contribution in [0.5, 0.6) is 5.75 Å². The number of carbonyl (C=O) groups excluding carboxylic acids is 1. The minimum atomic E-state index is -4.54. The maximum atomic E-state index is 13.4. The smallest absolute Gasteiger partial charge is 0.416 e. The third kappa shape index (κ3) is 5.02. The molecule has 0 saturated carbocycles. The number of rotatable bonds is 6. The molecule has 0 amide bonds. The van der Waals surface area contributed by atoms with Gasteiger partial charge in [-0.2, -0.15) is 13.2 Å². The largest absolute Gasteiger partial charge is 0.489 e. The van der Waals surface area contributed by atoms with E-state index in [0.717, 1.165) is 23.6 Å². The highest BCUT2D eigenvalue weighted by atomic mass is 19.4. The van der Waals surface area contributed by atoms with E-state index in [0.29, 0.717) is 5.75 Å². The van der Waals surface area contributed by atoms with Crippen molar-refractivity contribution in [1.82, 2.24) is 0 Å². The van der Waals surface area contributed by atoms with Crippen molar-refractivity contribution in [3.8, 4) is 5.75 Å². The molecule has 0 saturated heterocycles. The topological polar surface area (TPSA) is 35.5 Å². The Morgan fingerprint density at radius 1 is 1.07 bits per heavy atom. The lowest BCUT2D eigenvalue weighted by Crippen LogP contribution is -2.16. The molecule has 0 aliphatic carbocycles. The van der Waals surface area contributed by atoms with Crippen LogP contribution in [0.4, 0.5) is 13.2 Å². The Hall–Kier alpha value is -2.50. The zero-order valence-electron chi connectivity index (χ0n) is 15.9. The van der Waals surface area contributed by atoms with Crippen LogP contribution in [-0.4, -0.2) is 13.1 Å². The lowest BCUT2D eigenvalue weighted by Gasteiger charge is -2.18. The first kappa shape index (κ1) is 20.8. The van der Waals surface area contributed by atoms with Gasteiger partial charge in [0, 0.05) is 5.56 Å². The number of hydrogen-bond acceptors (Lipinski definition) is 3. The van der Waals surface area contributed by atoms with Crippen LogP contribution < -0.4 is 4.74 Å². The van der Waals surface area contributed by atoms with Gasteiger partial charge in [0.2, 0.25) is 0 Å². The van der Waals surface area contributed by atoms with Gasteiger partial charge in [0.15, 0.2) is 0 Å². The predicted molar refractivity (Wildman–Crippen MR) is 96.8 cm³/mol. The summed E-state index contributed by atoms with van der Waals surface area (Å²) in [5.74, 6) is -0.0689. The minimum absolute atomic E-state index is 0.0491. The average Bonchev–Trinajstić information content (AvgIpc) is 2.61. The van der Waals surface area contributed by atoms with E-state index in [4.69, 9.17) is 4.74 Å². The van der Waals surface area contributed by atoms with Gasteiger partial charge in [-0.25, -0.2) is 0 Å². The second-order valence-corrected chi connectivity index (χ2v) is 6.38. The molecule has 0 heterocycles. The Balaban J connectivity index is 2.39. The number of halogens is 3. The van der Waals surface area contributed by atoms with Gasteiger partial charge in [-0.3, -0.25) is 4.79 Å². The standard InChI is InChI=1S/C21H23F3O3/c1-5-15-9-14(3)19(10-13(15)2)27-12-17-16(11-20(25)26-4)7-6-8-18(17)21(22,23)24/h6-10H,5,11-12H2,1-4H3. The predicted octanol–water partition coefficient (Wildman–Crippen LogP) is 5.18. The summed E-state index contributed by atoms with van der Waals surface area (Å²) in [6.07, 6.45) is -3.92. The summed E-state index contributed by atoms with van der Waals surface area (Å²) < 4.78 is 50.7. The molecule has 27 heavy (non-hydrogen) atoms. The van der Waals surface area contributed by atoms with Crippen molar-refractivity contribution in [1.29, 1.82) is 0 Å². The Bertz CT molecular complexity index is 826. The van der Waals surface area contributed by atoms with E-state index in [-0.39, 0.29) is 24.2 Å². The summed E-state index contributed by atoms with van der Waals surface area (Å²) in [5, 5.41) is 0. The number of alkyl halides is 3. The fourth-order valence-corrected chi connectivity index (χ4v) is 3.00. The Kier molecular flexibility index (Phi) is 6.52. The number of aryl methyl sites for hydroxylation is 3. The number of ether oxygens (including phenoxy) is 2. The Morgan fingerprint density at radius 3 is 2.37 bits per heavy atom. The second-order valence-electron chi connectivity index (χ2n) is 6.38. The summed E-state index contributed by atoms with van der Waals surface area (Å²) in [6.45, 7) is 5.56. The summed E-state index contributed by atoms with van der Waals surface area (Å²) in [7, 11) is 1.20. The lowest BCUT2D eigenvalue weighted by molar-refractivity contribution is -0.141. The average molecular weight is 380 g/mol. The monoisotopic (exact) mass is 380 g/mol. The molecule has 3 nitrogen and oxygen atoms in total. The second kappa shape index (κ2) is 8.46. The summed E-state index contributed by atoms with van der Waals surface area (Å²) in [4.78, 5) is 11.6. The number of methoxy groups -OCH3 is 1. The molecule has 2 aromatic rings. The van der Waals surface area contributed by atoms with E-state index in [1.54, 1.807) is 0 Å². The van der Waals surface area contributed by atoms with Gasteiger partial charge in [-0.15, -0.1) is 0 Å². The van der Waals surface area contributed by atoms with Crippen LogP contribution in [0.2, 0.25) is 0 Å². The van der Waals surface area contributed by atoms with Gasteiger partial charge in [0.05, 0.1) is 19.1 Å². The van der Waals surface area contributed by atoms with Crippen molar-refractivity contribution < 1.29 is 27.4 Å². The first-order valence-corrected chi connectivity index (χ1v) is 8.65. The van der Waals surface area contributed by atoms with E-state index < -0.39 is 17.7 Å². The van der Waals surface area contributed by atoms with Crippen LogP contribution in [0.3, 0.4) is 0 Å². The van der Waals surface area contributed by atoms with E-state index in [1.165, 1.54) is 24.8 Å². The summed E-state index contributed by atoms with van der Waals surface area (Å²) in [5.41, 5.74) is 2.45. The van der Waals surface area contributed by atoms with E-state index in [2.05, 4.69) is 4.74 Å². The highest BCUT2D eigenvalue weighted by Crippen LogP contribution is 2.35. The van der Waals surface area contributed by atoms with Gasteiger partial charge >= 0.3 is 12.1 Å². The van der Waals surface area contributed by atoms with E-state index in [9.17, 15) is 18.0 Å². The molecule has 0 N–H and O–H groups in total. The van der Waals surface area contributed by atoms with Crippen molar-refractivity contribution in [2.24, 2.45) is 0 Å². The first-order chi connectivity index (χ1) is 12.7. The van der Waals surface area contributed by atoms with Gasteiger partial charge in [0.1, 0.15) is 12.4 Å². The molecule has 0 unspecified atom stereocenters. The van der Waals surface area contributed by atoms with Crippen molar-refractivity contribution in [2.75, 3.05) is 7.11 Å². The third-order valence-corrected chi connectivity index (χ3v) is 4.53. The normalized spacial score (nSPS) is 11.4. The highest BCUT2D eigenvalue weighted by Gasteiger charge is 2.34. The molecule has 0 aromatic heterocycles. The Morgan fingerprint density at radius 2 is 1.78 bits per heavy atom. The van der Waals surface area contributed by atoms with Gasteiger partial charge < -0.3 is 9.47 Å². The SMILES string of the molecule is CCc1cc(C)c(OCc2c(CC(=O)OC)cccc2C(F)(F)F)cc1C. The zero-order chi connectivity index (χ0) is 20.2. The summed E-state index contributed by atoms with van der Waals surface area (Å²) in [6, 6.07) is 7.59. The van der Waals surface area contributed by atoms with Crippen LogP contribution >= 0.6 is 0 Å².